The van der Waals surface area contributed by atoms with Gasteiger partial charge >= 0.3 is 0 Å². The number of anilines is 1. The maximum absolute atomic E-state index is 12.5. The summed E-state index contributed by atoms with van der Waals surface area (Å²) in [6, 6.07) is 7.44. The second-order valence-electron chi connectivity index (χ2n) is 5.16. The molecule has 0 saturated heterocycles. The maximum atomic E-state index is 12.5. The fourth-order valence-electron chi connectivity index (χ4n) is 2.74. The smallest absolute Gasteiger partial charge is 0.234 e. The van der Waals surface area contributed by atoms with Crippen LogP contribution in [0.3, 0.4) is 0 Å². The first-order chi connectivity index (χ1) is 9.15. The quantitative estimate of drug-likeness (QED) is 0.798. The van der Waals surface area contributed by atoms with Crippen molar-refractivity contribution in [1.29, 1.82) is 0 Å². The van der Waals surface area contributed by atoms with Crippen LogP contribution in [0, 0.1) is 5.92 Å². The zero-order valence-corrected chi connectivity index (χ0v) is 10.6. The molecular weight excluding hydrogens is 240 g/mol. The molecule has 2 N–H and O–H groups in total. The van der Waals surface area contributed by atoms with E-state index in [1.165, 1.54) is 0 Å². The Morgan fingerprint density at radius 2 is 1.95 bits per heavy atom. The highest BCUT2D eigenvalue weighted by Crippen LogP contribution is 2.26. The first-order valence-electron chi connectivity index (χ1n) is 6.57. The topological polar surface area (TPSA) is 65.1 Å². The number of Topliss-reactive ketones (excluding diaryl/α,β-unsaturated/α-hetero) is 1. The molecule has 1 aromatic heterocycles. The fraction of sp³-hybridized carbons (Fsp3) is 0.333. The van der Waals surface area contributed by atoms with Gasteiger partial charge < -0.3 is 5.73 Å². The number of nitrogens with zero attached hydrogens (tertiary/aromatic N) is 1. The van der Waals surface area contributed by atoms with Crippen molar-refractivity contribution < 1.29 is 9.59 Å². The molecule has 19 heavy (non-hydrogen) atoms. The zero-order valence-electron chi connectivity index (χ0n) is 10.6. The lowest BCUT2D eigenvalue weighted by atomic mass is 9.88. The Bertz CT molecular complexity index is 647. The van der Waals surface area contributed by atoms with Crippen molar-refractivity contribution in [1.82, 2.24) is 4.57 Å². The van der Waals surface area contributed by atoms with Gasteiger partial charge in [0.05, 0.1) is 5.52 Å². The van der Waals surface area contributed by atoms with Crippen molar-refractivity contribution in [3.63, 3.8) is 0 Å². The molecule has 1 aliphatic rings. The summed E-state index contributed by atoms with van der Waals surface area (Å²) in [7, 11) is 0. The van der Waals surface area contributed by atoms with Gasteiger partial charge in [0.2, 0.25) is 5.91 Å². The third kappa shape index (κ3) is 2.14. The molecule has 1 aromatic carbocycles. The molecule has 0 aliphatic heterocycles. The molecule has 0 spiro atoms. The SMILES string of the molecule is Nc1ccc2c(ccn2C(=O)C2CCC(=O)CC2)c1. The summed E-state index contributed by atoms with van der Waals surface area (Å²) >= 11 is 0. The molecule has 4 heteroatoms. The minimum absolute atomic E-state index is 0.0362. The summed E-state index contributed by atoms with van der Waals surface area (Å²) in [6.45, 7) is 0. The van der Waals surface area contributed by atoms with Crippen LogP contribution in [0.1, 0.15) is 30.5 Å². The van der Waals surface area contributed by atoms with E-state index >= 15 is 0 Å². The van der Waals surface area contributed by atoms with Gasteiger partial charge in [-0.25, -0.2) is 0 Å². The highest BCUT2D eigenvalue weighted by atomic mass is 16.2. The second-order valence-corrected chi connectivity index (χ2v) is 5.16. The van der Waals surface area contributed by atoms with Gasteiger partial charge in [-0.1, -0.05) is 0 Å². The minimum atomic E-state index is -0.0362. The number of fused-ring (bicyclic) bond motifs is 1. The summed E-state index contributed by atoms with van der Waals surface area (Å²) < 4.78 is 1.69. The van der Waals surface area contributed by atoms with Gasteiger partial charge in [-0.2, -0.15) is 0 Å². The molecule has 1 aliphatic carbocycles. The Kier molecular flexibility index (Phi) is 2.85. The van der Waals surface area contributed by atoms with E-state index in [1.54, 1.807) is 16.8 Å². The van der Waals surface area contributed by atoms with Crippen molar-refractivity contribution >= 4 is 28.3 Å². The van der Waals surface area contributed by atoms with E-state index in [2.05, 4.69) is 0 Å². The van der Waals surface area contributed by atoms with E-state index < -0.39 is 0 Å². The first-order valence-corrected chi connectivity index (χ1v) is 6.57. The molecule has 2 aromatic rings. The van der Waals surface area contributed by atoms with E-state index in [0.29, 0.717) is 31.4 Å². The fourth-order valence-corrected chi connectivity index (χ4v) is 2.74. The number of rotatable bonds is 1. The van der Waals surface area contributed by atoms with Gasteiger partial charge in [0, 0.05) is 36.0 Å². The Morgan fingerprint density at radius 3 is 2.68 bits per heavy atom. The number of hydrogen-bond donors (Lipinski definition) is 1. The van der Waals surface area contributed by atoms with Crippen LogP contribution in [0.15, 0.2) is 30.5 Å². The first kappa shape index (κ1) is 12.0. The Labute approximate surface area is 111 Å². The number of nitrogens with two attached hydrogens (primary N) is 1. The highest BCUT2D eigenvalue weighted by molar-refractivity contribution is 5.95. The molecule has 4 nitrogen and oxygen atoms in total. The van der Waals surface area contributed by atoms with Crippen molar-refractivity contribution in [2.75, 3.05) is 5.73 Å². The number of carbonyl (C=O) groups is 2. The van der Waals surface area contributed by atoms with Crippen LogP contribution in [0.2, 0.25) is 0 Å². The molecule has 0 unspecified atom stereocenters. The molecule has 0 amide bonds. The predicted octanol–water partition coefficient (Wildman–Crippen LogP) is 2.62. The molecule has 98 valence electrons. The van der Waals surface area contributed by atoms with Crippen molar-refractivity contribution in [2.45, 2.75) is 25.7 Å². The summed E-state index contributed by atoms with van der Waals surface area (Å²) in [6.07, 6.45) is 4.20. The van der Waals surface area contributed by atoms with Crippen molar-refractivity contribution in [3.05, 3.63) is 30.5 Å². The number of hydrogen-bond acceptors (Lipinski definition) is 3. The van der Waals surface area contributed by atoms with Crippen LogP contribution in [0.5, 0.6) is 0 Å². The molecule has 1 heterocycles. The van der Waals surface area contributed by atoms with E-state index in [-0.39, 0.29) is 17.6 Å². The van der Waals surface area contributed by atoms with E-state index in [1.807, 2.05) is 18.2 Å². The molecule has 0 radical (unpaired) electrons. The highest BCUT2D eigenvalue weighted by Gasteiger charge is 2.26. The summed E-state index contributed by atoms with van der Waals surface area (Å²) in [5.41, 5.74) is 7.32. The largest absolute Gasteiger partial charge is 0.399 e. The average molecular weight is 256 g/mol. The van der Waals surface area contributed by atoms with Gasteiger partial charge in [0.25, 0.3) is 0 Å². The monoisotopic (exact) mass is 256 g/mol. The minimum Gasteiger partial charge on any atom is -0.399 e. The van der Waals surface area contributed by atoms with Crippen LogP contribution in [0.25, 0.3) is 10.9 Å². The molecule has 1 saturated carbocycles. The zero-order chi connectivity index (χ0) is 13.4. The Balaban J connectivity index is 1.91. The lowest BCUT2D eigenvalue weighted by Crippen LogP contribution is -2.25. The summed E-state index contributed by atoms with van der Waals surface area (Å²) in [4.78, 5) is 23.7. The summed E-state index contributed by atoms with van der Waals surface area (Å²) in [5.74, 6) is 0.326. The van der Waals surface area contributed by atoms with E-state index in [0.717, 1.165) is 10.9 Å². The average Bonchev–Trinajstić information content (AvgIpc) is 2.81. The Hall–Kier alpha value is -2.10. The maximum Gasteiger partial charge on any atom is 0.234 e. The third-order valence-corrected chi connectivity index (χ3v) is 3.84. The molecular formula is C15H16N2O2. The van der Waals surface area contributed by atoms with Crippen LogP contribution in [0.4, 0.5) is 5.69 Å². The van der Waals surface area contributed by atoms with Gasteiger partial charge in [0.15, 0.2) is 0 Å². The predicted molar refractivity (Wildman–Crippen MR) is 73.9 cm³/mol. The van der Waals surface area contributed by atoms with Gasteiger partial charge in [-0.15, -0.1) is 0 Å². The van der Waals surface area contributed by atoms with E-state index in [4.69, 9.17) is 5.73 Å². The Morgan fingerprint density at radius 1 is 1.21 bits per heavy atom. The van der Waals surface area contributed by atoms with Crippen LogP contribution < -0.4 is 5.73 Å². The van der Waals surface area contributed by atoms with Crippen molar-refractivity contribution in [2.24, 2.45) is 5.92 Å². The standard InChI is InChI=1S/C15H16N2O2/c16-12-3-6-14-11(9-12)7-8-17(14)15(19)10-1-4-13(18)5-2-10/h3,6-10H,1-2,4-5,16H2. The van der Waals surface area contributed by atoms with Gasteiger partial charge in [0.1, 0.15) is 5.78 Å². The number of carbonyl (C=O) groups excluding carboxylic acids is 2. The van der Waals surface area contributed by atoms with Crippen LogP contribution >= 0.6 is 0 Å². The van der Waals surface area contributed by atoms with Gasteiger partial charge in [-0.05, 0) is 37.1 Å². The normalized spacial score (nSPS) is 16.9. The van der Waals surface area contributed by atoms with Crippen LogP contribution in [-0.4, -0.2) is 16.3 Å². The third-order valence-electron chi connectivity index (χ3n) is 3.84. The second kappa shape index (κ2) is 4.53. The number of aromatic nitrogens is 1. The lowest BCUT2D eigenvalue weighted by molar-refractivity contribution is -0.120. The van der Waals surface area contributed by atoms with Crippen LogP contribution in [-0.2, 0) is 4.79 Å². The van der Waals surface area contributed by atoms with Crippen molar-refractivity contribution in [3.8, 4) is 0 Å². The molecule has 3 rings (SSSR count). The number of nitrogen functional groups attached to an aromatic ring is 1. The summed E-state index contributed by atoms with van der Waals surface area (Å²) in [5, 5.41) is 0.972. The lowest BCUT2D eigenvalue weighted by Gasteiger charge is -2.20. The molecule has 0 atom stereocenters. The molecule has 1 fully saturated rings. The molecule has 0 bridgehead atoms. The number of benzene rings is 1. The number of ketones is 1. The van der Waals surface area contributed by atoms with Gasteiger partial charge in [-0.3, -0.25) is 14.2 Å². The van der Waals surface area contributed by atoms with E-state index in [9.17, 15) is 9.59 Å².